The molecule has 0 fully saturated rings. The normalized spacial score (nSPS) is 13.2. The number of hydrogen-bond acceptors (Lipinski definition) is 0. The van der Waals surface area contributed by atoms with Crippen LogP contribution in [-0.4, -0.2) is 0 Å². The molecule has 0 aliphatic carbocycles. The van der Waals surface area contributed by atoms with Gasteiger partial charge in [0.2, 0.25) is 0 Å². The van der Waals surface area contributed by atoms with Crippen LogP contribution in [0.3, 0.4) is 0 Å². The minimum absolute atomic E-state index is 0.295. The Morgan fingerprint density at radius 1 is 0.950 bits per heavy atom. The zero-order valence-electron chi connectivity index (χ0n) is 14.9. The highest BCUT2D eigenvalue weighted by Crippen LogP contribution is 2.42. The summed E-state index contributed by atoms with van der Waals surface area (Å²) in [7, 11) is 0. The van der Waals surface area contributed by atoms with Gasteiger partial charge in [0.25, 0.3) is 0 Å². The lowest BCUT2D eigenvalue weighted by Crippen LogP contribution is -2.23. The van der Waals surface area contributed by atoms with Gasteiger partial charge >= 0.3 is 0 Å². The van der Waals surface area contributed by atoms with Crippen LogP contribution in [0.5, 0.6) is 0 Å². The van der Waals surface area contributed by atoms with Crippen molar-refractivity contribution < 1.29 is 0 Å². The summed E-state index contributed by atoms with van der Waals surface area (Å²) in [6.07, 6.45) is 3.11. The topological polar surface area (TPSA) is 0 Å². The van der Waals surface area contributed by atoms with Crippen LogP contribution in [0.1, 0.15) is 78.9 Å². The highest BCUT2D eigenvalue weighted by Gasteiger charge is 2.30. The summed E-state index contributed by atoms with van der Waals surface area (Å²) in [4.78, 5) is 0. The van der Waals surface area contributed by atoms with Gasteiger partial charge in [-0.25, -0.2) is 0 Å². The monoisotopic (exact) mass is 274 g/mol. The summed E-state index contributed by atoms with van der Waals surface area (Å²) >= 11 is 0. The van der Waals surface area contributed by atoms with Crippen LogP contribution in [0.2, 0.25) is 0 Å². The summed E-state index contributed by atoms with van der Waals surface area (Å²) in [5, 5.41) is 0. The first-order valence-electron chi connectivity index (χ1n) is 7.86. The SMILES string of the molecule is C=Cc1ccc(C(CC(C)(C)C)C(C)(C)C)cc1.CC. The molecule has 0 spiro atoms. The molecular weight excluding hydrogens is 240 g/mol. The largest absolute Gasteiger partial charge is 0.0985 e. The standard InChI is InChI=1S/C18H28.C2H6/c1-8-14-9-11-15(12-10-14)16(18(5,6)7)13-17(2,3)4;1-2/h8-12,16H,1,13H2,2-7H3;1-2H3. The molecule has 114 valence electrons. The lowest BCUT2D eigenvalue weighted by molar-refractivity contribution is 0.229. The number of benzene rings is 1. The maximum atomic E-state index is 3.81. The highest BCUT2D eigenvalue weighted by molar-refractivity contribution is 5.47. The van der Waals surface area contributed by atoms with E-state index in [0.717, 1.165) is 0 Å². The molecular formula is C20H34. The zero-order chi connectivity index (χ0) is 16.0. The van der Waals surface area contributed by atoms with Gasteiger partial charge in [-0.1, -0.05) is 92.3 Å². The van der Waals surface area contributed by atoms with Gasteiger partial charge in [-0.2, -0.15) is 0 Å². The van der Waals surface area contributed by atoms with Crippen molar-refractivity contribution in [2.75, 3.05) is 0 Å². The summed E-state index contributed by atoms with van der Waals surface area (Å²) < 4.78 is 0. The first kappa shape index (κ1) is 19.0. The molecule has 0 bridgehead atoms. The van der Waals surface area contributed by atoms with Crippen molar-refractivity contribution in [3.63, 3.8) is 0 Å². The molecule has 0 saturated carbocycles. The molecule has 1 aromatic carbocycles. The van der Waals surface area contributed by atoms with Gasteiger partial charge in [0.1, 0.15) is 0 Å². The van der Waals surface area contributed by atoms with Crippen LogP contribution in [0.4, 0.5) is 0 Å². The van der Waals surface area contributed by atoms with E-state index in [0.29, 0.717) is 16.7 Å². The van der Waals surface area contributed by atoms with Gasteiger partial charge in [-0.05, 0) is 34.3 Å². The van der Waals surface area contributed by atoms with Crippen LogP contribution < -0.4 is 0 Å². The Hall–Kier alpha value is -1.04. The third kappa shape index (κ3) is 6.41. The summed E-state index contributed by atoms with van der Waals surface area (Å²) in [5.74, 6) is 0.594. The summed E-state index contributed by atoms with van der Waals surface area (Å²) in [6, 6.07) is 8.87. The predicted molar refractivity (Wildman–Crippen MR) is 94.1 cm³/mol. The van der Waals surface area contributed by atoms with E-state index in [2.05, 4.69) is 72.4 Å². The molecule has 20 heavy (non-hydrogen) atoms. The average Bonchev–Trinajstić information content (AvgIpc) is 2.36. The molecule has 0 radical (unpaired) electrons. The van der Waals surface area contributed by atoms with Gasteiger partial charge in [-0.15, -0.1) is 0 Å². The fourth-order valence-electron chi connectivity index (χ4n) is 2.40. The first-order valence-corrected chi connectivity index (χ1v) is 7.86. The number of rotatable bonds is 3. The molecule has 1 atom stereocenters. The Morgan fingerprint density at radius 2 is 1.40 bits per heavy atom. The lowest BCUT2D eigenvalue weighted by Gasteiger charge is -2.36. The Kier molecular flexibility index (Phi) is 7.27. The minimum Gasteiger partial charge on any atom is -0.0985 e. The Balaban J connectivity index is 0.00000172. The predicted octanol–water partition coefficient (Wildman–Crippen LogP) is 6.92. The van der Waals surface area contributed by atoms with Crippen LogP contribution >= 0.6 is 0 Å². The Bertz CT molecular complexity index is 382. The quantitative estimate of drug-likeness (QED) is 0.561. The van der Waals surface area contributed by atoms with Gasteiger partial charge in [-0.3, -0.25) is 0 Å². The molecule has 1 rings (SSSR count). The molecule has 0 aliphatic heterocycles. The van der Waals surface area contributed by atoms with Crippen molar-refractivity contribution in [3.8, 4) is 0 Å². The van der Waals surface area contributed by atoms with Crippen molar-refractivity contribution in [1.82, 2.24) is 0 Å². The van der Waals surface area contributed by atoms with E-state index in [4.69, 9.17) is 0 Å². The fraction of sp³-hybridized carbons (Fsp3) is 0.600. The second-order valence-corrected chi connectivity index (χ2v) is 7.55. The van der Waals surface area contributed by atoms with E-state index in [1.165, 1.54) is 17.5 Å². The number of hydrogen-bond donors (Lipinski definition) is 0. The maximum absolute atomic E-state index is 3.81. The molecule has 1 aromatic rings. The highest BCUT2D eigenvalue weighted by atomic mass is 14.3. The van der Waals surface area contributed by atoms with Gasteiger partial charge in [0, 0.05) is 0 Å². The van der Waals surface area contributed by atoms with Crippen molar-refractivity contribution >= 4 is 6.08 Å². The average molecular weight is 274 g/mol. The van der Waals surface area contributed by atoms with E-state index < -0.39 is 0 Å². The molecule has 0 saturated heterocycles. The third-order valence-corrected chi connectivity index (χ3v) is 3.44. The van der Waals surface area contributed by atoms with Crippen molar-refractivity contribution in [2.24, 2.45) is 10.8 Å². The molecule has 0 heteroatoms. The van der Waals surface area contributed by atoms with E-state index in [1.807, 2.05) is 19.9 Å². The van der Waals surface area contributed by atoms with Crippen molar-refractivity contribution in [1.29, 1.82) is 0 Å². The summed E-state index contributed by atoms with van der Waals surface area (Å²) in [5.41, 5.74) is 3.29. The van der Waals surface area contributed by atoms with E-state index >= 15 is 0 Å². The molecule has 0 aromatic heterocycles. The van der Waals surface area contributed by atoms with Crippen molar-refractivity contribution in [2.45, 2.75) is 67.7 Å². The van der Waals surface area contributed by atoms with E-state index in [1.54, 1.807) is 0 Å². The second kappa shape index (κ2) is 7.67. The molecule has 1 unspecified atom stereocenters. The smallest absolute Gasteiger partial charge is 0.0108 e. The molecule has 0 amide bonds. The third-order valence-electron chi connectivity index (χ3n) is 3.44. The minimum atomic E-state index is 0.295. The van der Waals surface area contributed by atoms with Crippen LogP contribution in [0.15, 0.2) is 30.8 Å². The molecule has 0 aliphatic rings. The Labute approximate surface area is 127 Å². The van der Waals surface area contributed by atoms with Gasteiger partial charge in [0.15, 0.2) is 0 Å². The zero-order valence-corrected chi connectivity index (χ0v) is 14.9. The maximum Gasteiger partial charge on any atom is -0.0108 e. The van der Waals surface area contributed by atoms with E-state index in [-0.39, 0.29) is 0 Å². The van der Waals surface area contributed by atoms with Crippen molar-refractivity contribution in [3.05, 3.63) is 42.0 Å². The van der Waals surface area contributed by atoms with Crippen LogP contribution in [0, 0.1) is 10.8 Å². The second-order valence-electron chi connectivity index (χ2n) is 7.55. The first-order chi connectivity index (χ1) is 9.13. The van der Waals surface area contributed by atoms with Gasteiger partial charge < -0.3 is 0 Å². The Morgan fingerprint density at radius 3 is 1.70 bits per heavy atom. The lowest BCUT2D eigenvalue weighted by atomic mass is 9.69. The fourth-order valence-corrected chi connectivity index (χ4v) is 2.40. The van der Waals surface area contributed by atoms with Gasteiger partial charge in [0.05, 0.1) is 0 Å². The summed E-state index contributed by atoms with van der Waals surface area (Å²) in [6.45, 7) is 21.8. The van der Waals surface area contributed by atoms with E-state index in [9.17, 15) is 0 Å². The molecule has 0 nitrogen and oxygen atoms in total. The molecule has 0 heterocycles. The van der Waals surface area contributed by atoms with Crippen LogP contribution in [-0.2, 0) is 0 Å². The molecule has 0 N–H and O–H groups in total. The van der Waals surface area contributed by atoms with Crippen LogP contribution in [0.25, 0.3) is 6.08 Å².